The number of hydrogen-bond acceptors (Lipinski definition) is 8. The van der Waals surface area contributed by atoms with E-state index in [1.54, 1.807) is 21.3 Å². The van der Waals surface area contributed by atoms with Crippen molar-refractivity contribution in [1.29, 1.82) is 0 Å². The number of nitrogens with zero attached hydrogens (tertiary/aromatic N) is 1. The highest BCUT2D eigenvalue weighted by atomic mass is 16.5. The molecule has 0 amide bonds. The summed E-state index contributed by atoms with van der Waals surface area (Å²) < 4.78 is 17.8. The van der Waals surface area contributed by atoms with Crippen LogP contribution in [0.2, 0.25) is 0 Å². The third-order valence-corrected chi connectivity index (χ3v) is 11.2. The van der Waals surface area contributed by atoms with Crippen LogP contribution < -0.4 is 0 Å². The van der Waals surface area contributed by atoms with Gasteiger partial charge in [0.25, 0.3) is 0 Å². The number of aliphatic hydroxyl groups is 4. The number of fused-ring (bicyclic) bond motifs is 2. The van der Waals surface area contributed by atoms with Crippen LogP contribution in [0.5, 0.6) is 0 Å². The molecule has 1 spiro atoms. The van der Waals surface area contributed by atoms with E-state index >= 15 is 0 Å². The quantitative estimate of drug-likeness (QED) is 0.446. The minimum Gasteiger partial charge on any atom is -0.392 e. The highest BCUT2D eigenvalue weighted by Gasteiger charge is 2.90. The number of likely N-dealkylation sites (tertiary alicyclic amines) is 1. The zero-order valence-corrected chi connectivity index (χ0v) is 19.6. The van der Waals surface area contributed by atoms with Gasteiger partial charge in [0.15, 0.2) is 0 Å². The first-order valence-corrected chi connectivity index (χ1v) is 12.3. The molecule has 4 N–H and O–H groups in total. The molecule has 6 unspecified atom stereocenters. The first-order chi connectivity index (χ1) is 15.2. The summed E-state index contributed by atoms with van der Waals surface area (Å²) in [4.78, 5) is 2.37. The molecule has 0 aromatic rings. The van der Waals surface area contributed by atoms with Gasteiger partial charge in [-0.15, -0.1) is 0 Å². The summed E-state index contributed by atoms with van der Waals surface area (Å²) in [6, 6.07) is -0.226. The lowest BCUT2D eigenvalue weighted by Gasteiger charge is -2.71. The fraction of sp³-hybridized carbons (Fsp3) is 1.00. The maximum Gasteiger partial charge on any atom is 0.0832 e. The van der Waals surface area contributed by atoms with Gasteiger partial charge in [0.2, 0.25) is 0 Å². The average molecular weight is 454 g/mol. The molecule has 0 radical (unpaired) electrons. The van der Waals surface area contributed by atoms with Crippen LogP contribution in [0.3, 0.4) is 0 Å². The van der Waals surface area contributed by atoms with E-state index in [-0.39, 0.29) is 41.4 Å². The lowest BCUT2D eigenvalue weighted by Crippen LogP contribution is -2.82. The van der Waals surface area contributed by atoms with Crippen molar-refractivity contribution in [2.75, 3.05) is 41.0 Å². The molecule has 6 aliphatic rings. The van der Waals surface area contributed by atoms with Gasteiger partial charge in [-0.3, -0.25) is 4.90 Å². The van der Waals surface area contributed by atoms with Gasteiger partial charge in [-0.25, -0.2) is 0 Å². The van der Waals surface area contributed by atoms with E-state index in [0.29, 0.717) is 25.9 Å². The van der Waals surface area contributed by atoms with E-state index in [9.17, 15) is 20.4 Å². The van der Waals surface area contributed by atoms with Crippen molar-refractivity contribution >= 4 is 0 Å². The zero-order valence-electron chi connectivity index (χ0n) is 19.6. The molecular weight excluding hydrogens is 414 g/mol. The zero-order chi connectivity index (χ0) is 22.8. The van der Waals surface area contributed by atoms with Crippen molar-refractivity contribution < 1.29 is 34.6 Å². The predicted octanol–water partition coefficient (Wildman–Crippen LogP) is -0.383. The van der Waals surface area contributed by atoms with Crippen molar-refractivity contribution in [2.45, 2.75) is 74.3 Å². The van der Waals surface area contributed by atoms with E-state index in [2.05, 4.69) is 11.8 Å². The third kappa shape index (κ3) is 2.03. The molecule has 182 valence electrons. The van der Waals surface area contributed by atoms with Crippen LogP contribution in [-0.4, -0.2) is 108 Å². The summed E-state index contributed by atoms with van der Waals surface area (Å²) in [7, 11) is 5.02. The fourth-order valence-electron chi connectivity index (χ4n) is 10.7. The molecule has 5 saturated carbocycles. The molecule has 0 aromatic heterocycles. The van der Waals surface area contributed by atoms with E-state index in [1.165, 1.54) is 0 Å². The number of rotatable bonds is 5. The van der Waals surface area contributed by atoms with E-state index < -0.39 is 34.7 Å². The van der Waals surface area contributed by atoms with Crippen LogP contribution in [0.4, 0.5) is 0 Å². The Kier molecular flexibility index (Phi) is 4.62. The molecule has 13 atom stereocenters. The Bertz CT molecular complexity index is 798. The molecule has 8 nitrogen and oxygen atoms in total. The summed E-state index contributed by atoms with van der Waals surface area (Å²) in [5.41, 5.74) is -3.93. The van der Waals surface area contributed by atoms with Crippen LogP contribution >= 0.6 is 0 Å². The predicted molar refractivity (Wildman–Crippen MR) is 114 cm³/mol. The standard InChI is InChI=1S/C24H39NO7/c1-5-25-10-21(11-30-2)7-6-14(26)24-19(21)17(32-4)15(20(24)25)22(28)9-13(31-3)12-8-23(24,29)18(22)16(12)27/h12-20,26-29H,5-11H2,1-4H3/t12-,13?,14?,15?,16?,17?,18-,19-,20?,21+,22+,23+,24-/m1/s1. The topological polar surface area (TPSA) is 112 Å². The SMILES string of the molecule is CCN1C[C@]2(COC)CCC(O)[C@]34C1C(C(OC)[C@H]23)[C@@]1(O)CC(OC)[C@H]2C[C@]4(O)[C@@H]1C2O. The minimum atomic E-state index is -1.41. The summed E-state index contributed by atoms with van der Waals surface area (Å²) in [6.45, 7) is 4.18. The van der Waals surface area contributed by atoms with E-state index in [4.69, 9.17) is 14.2 Å². The highest BCUT2D eigenvalue weighted by Crippen LogP contribution is 2.80. The number of piperidine rings is 1. The lowest BCUT2D eigenvalue weighted by atomic mass is 9.41. The first kappa shape index (κ1) is 22.2. The molecule has 7 bridgehead atoms. The smallest absolute Gasteiger partial charge is 0.0832 e. The van der Waals surface area contributed by atoms with Crippen LogP contribution in [0.15, 0.2) is 0 Å². The van der Waals surface area contributed by atoms with Gasteiger partial charge in [0.1, 0.15) is 0 Å². The number of methoxy groups -OCH3 is 3. The Morgan fingerprint density at radius 2 is 1.78 bits per heavy atom. The Morgan fingerprint density at radius 1 is 1.03 bits per heavy atom. The van der Waals surface area contributed by atoms with Crippen LogP contribution in [0, 0.1) is 34.5 Å². The van der Waals surface area contributed by atoms with Crippen LogP contribution in [-0.2, 0) is 14.2 Å². The van der Waals surface area contributed by atoms with E-state index in [1.807, 2.05) is 0 Å². The van der Waals surface area contributed by atoms with Crippen molar-refractivity contribution in [3.63, 3.8) is 0 Å². The molecule has 0 aromatic carbocycles. The van der Waals surface area contributed by atoms with Crippen LogP contribution in [0.1, 0.15) is 32.6 Å². The minimum absolute atomic E-state index is 0.159. The molecule has 6 fully saturated rings. The highest BCUT2D eigenvalue weighted by molar-refractivity contribution is 5.40. The van der Waals surface area contributed by atoms with Gasteiger partial charge in [0.05, 0.1) is 42.2 Å². The Morgan fingerprint density at radius 3 is 2.41 bits per heavy atom. The summed E-state index contributed by atoms with van der Waals surface area (Å²) in [6.07, 6.45) is -0.229. The normalized spacial score (nSPS) is 62.4. The van der Waals surface area contributed by atoms with Crippen molar-refractivity contribution in [3.05, 3.63) is 0 Å². The molecule has 1 heterocycles. The van der Waals surface area contributed by atoms with Gasteiger partial charge in [0, 0.05) is 74.8 Å². The number of ether oxygens (including phenoxy) is 3. The Hall–Kier alpha value is -0.320. The largest absolute Gasteiger partial charge is 0.392 e. The van der Waals surface area contributed by atoms with Crippen molar-refractivity contribution in [1.82, 2.24) is 4.90 Å². The van der Waals surface area contributed by atoms with Gasteiger partial charge in [-0.05, 0) is 25.8 Å². The lowest BCUT2D eigenvalue weighted by molar-refractivity contribution is -0.325. The maximum absolute atomic E-state index is 12.8. The molecule has 8 heteroatoms. The summed E-state index contributed by atoms with van der Waals surface area (Å²) >= 11 is 0. The molecule has 5 aliphatic carbocycles. The Balaban J connectivity index is 1.67. The van der Waals surface area contributed by atoms with Crippen molar-refractivity contribution in [3.8, 4) is 0 Å². The monoisotopic (exact) mass is 453 g/mol. The summed E-state index contributed by atoms with van der Waals surface area (Å²) in [5, 5.41) is 48.5. The second-order valence-electron chi connectivity index (χ2n) is 11.7. The fourth-order valence-corrected chi connectivity index (χ4v) is 10.7. The molecule has 1 saturated heterocycles. The molecule has 32 heavy (non-hydrogen) atoms. The van der Waals surface area contributed by atoms with Crippen molar-refractivity contribution in [2.24, 2.45) is 34.5 Å². The van der Waals surface area contributed by atoms with E-state index in [0.717, 1.165) is 19.5 Å². The third-order valence-electron chi connectivity index (χ3n) is 11.2. The summed E-state index contributed by atoms with van der Waals surface area (Å²) in [5.74, 6) is -1.47. The van der Waals surface area contributed by atoms with Gasteiger partial charge < -0.3 is 34.6 Å². The number of aliphatic hydroxyl groups excluding tert-OH is 2. The van der Waals surface area contributed by atoms with Gasteiger partial charge >= 0.3 is 0 Å². The average Bonchev–Trinajstić information content (AvgIpc) is 3.15. The number of hydrogen-bond donors (Lipinski definition) is 4. The molecule has 1 aliphatic heterocycles. The second-order valence-corrected chi connectivity index (χ2v) is 11.7. The molecular formula is C24H39NO7. The van der Waals surface area contributed by atoms with Gasteiger partial charge in [-0.1, -0.05) is 6.92 Å². The Labute approximate surface area is 189 Å². The van der Waals surface area contributed by atoms with Crippen LogP contribution in [0.25, 0.3) is 0 Å². The van der Waals surface area contributed by atoms with Gasteiger partial charge in [-0.2, -0.15) is 0 Å². The first-order valence-electron chi connectivity index (χ1n) is 12.3. The second kappa shape index (κ2) is 6.66. The molecule has 6 rings (SSSR count). The maximum atomic E-state index is 12.8.